The zero-order chi connectivity index (χ0) is 11.1. The topological polar surface area (TPSA) is 52.9 Å². The molecule has 78 valence electrons. The number of nitrogens with one attached hydrogen (secondary N) is 1. The lowest BCUT2D eigenvalue weighted by Crippen LogP contribution is -2.14. The molecule has 1 aromatic carbocycles. The molecule has 0 bridgehead atoms. The van der Waals surface area contributed by atoms with Crippen LogP contribution >= 0.6 is 11.8 Å². The summed E-state index contributed by atoms with van der Waals surface area (Å²) in [6.45, 7) is 2.01. The number of rotatable bonds is 4. The summed E-state index contributed by atoms with van der Waals surface area (Å²) in [5, 5.41) is 11.4. The molecule has 4 heteroatoms. The van der Waals surface area contributed by atoms with E-state index in [1.807, 2.05) is 13.0 Å². The second-order valence-electron chi connectivity index (χ2n) is 2.88. The number of benzene rings is 1. The molecule has 0 aromatic heterocycles. The van der Waals surface area contributed by atoms with Gasteiger partial charge < -0.3 is 5.32 Å². The van der Waals surface area contributed by atoms with Gasteiger partial charge in [0.05, 0.1) is 17.4 Å². The lowest BCUT2D eigenvalue weighted by atomic mass is 10.2. The van der Waals surface area contributed by atoms with Crippen molar-refractivity contribution in [3.05, 3.63) is 29.8 Å². The second kappa shape index (κ2) is 6.10. The van der Waals surface area contributed by atoms with Gasteiger partial charge in [-0.1, -0.05) is 13.0 Å². The quantitative estimate of drug-likeness (QED) is 0.846. The Hall–Kier alpha value is -1.47. The van der Waals surface area contributed by atoms with E-state index in [1.165, 1.54) is 0 Å². The third-order valence-corrected chi connectivity index (χ3v) is 2.59. The average Bonchev–Trinajstić information content (AvgIpc) is 2.26. The van der Waals surface area contributed by atoms with Crippen molar-refractivity contribution in [1.29, 1.82) is 5.26 Å². The van der Waals surface area contributed by atoms with Gasteiger partial charge in [-0.05, 0) is 24.0 Å². The highest BCUT2D eigenvalue weighted by molar-refractivity contribution is 7.99. The van der Waals surface area contributed by atoms with Crippen LogP contribution in [0.3, 0.4) is 0 Å². The van der Waals surface area contributed by atoms with Crippen LogP contribution in [0.25, 0.3) is 0 Å². The molecule has 1 aromatic rings. The lowest BCUT2D eigenvalue weighted by molar-refractivity contribution is -0.113. The fourth-order valence-corrected chi connectivity index (χ4v) is 1.52. The second-order valence-corrected chi connectivity index (χ2v) is 4.15. The third-order valence-electron chi connectivity index (χ3n) is 1.71. The smallest absolute Gasteiger partial charge is 0.234 e. The molecule has 1 amide bonds. The molecule has 0 aliphatic carbocycles. The lowest BCUT2D eigenvalue weighted by Gasteiger charge is -2.04. The maximum absolute atomic E-state index is 11.4. The summed E-state index contributed by atoms with van der Waals surface area (Å²) in [6, 6.07) is 8.92. The first-order valence-electron chi connectivity index (χ1n) is 4.64. The highest BCUT2D eigenvalue weighted by Gasteiger charge is 2.01. The Kier molecular flexibility index (Phi) is 4.72. The molecule has 1 rings (SSSR count). The summed E-state index contributed by atoms with van der Waals surface area (Å²) in [5.41, 5.74) is 1.23. The van der Waals surface area contributed by atoms with E-state index in [0.29, 0.717) is 17.0 Å². The monoisotopic (exact) mass is 220 g/mol. The van der Waals surface area contributed by atoms with Gasteiger partial charge in [0.25, 0.3) is 0 Å². The van der Waals surface area contributed by atoms with E-state index in [4.69, 9.17) is 5.26 Å². The fraction of sp³-hybridized carbons (Fsp3) is 0.273. The number of carbonyl (C=O) groups is 1. The Balaban J connectivity index is 2.57. The SMILES string of the molecule is CCSCC(=O)Nc1cccc(C#N)c1. The van der Waals surface area contributed by atoms with Crippen LogP contribution in [0.15, 0.2) is 24.3 Å². The number of nitriles is 1. The predicted octanol–water partition coefficient (Wildman–Crippen LogP) is 2.25. The van der Waals surface area contributed by atoms with Crippen LogP contribution in [0.5, 0.6) is 0 Å². The molecule has 0 aliphatic rings. The number of anilines is 1. The minimum Gasteiger partial charge on any atom is -0.325 e. The van der Waals surface area contributed by atoms with E-state index in [2.05, 4.69) is 5.32 Å². The number of amides is 1. The van der Waals surface area contributed by atoms with E-state index in [-0.39, 0.29) is 5.91 Å². The van der Waals surface area contributed by atoms with Gasteiger partial charge in [-0.15, -0.1) is 0 Å². The Morgan fingerprint density at radius 2 is 2.40 bits per heavy atom. The van der Waals surface area contributed by atoms with Crippen LogP contribution in [-0.2, 0) is 4.79 Å². The van der Waals surface area contributed by atoms with E-state index < -0.39 is 0 Å². The van der Waals surface area contributed by atoms with Gasteiger partial charge >= 0.3 is 0 Å². The van der Waals surface area contributed by atoms with Crippen LogP contribution in [0.1, 0.15) is 12.5 Å². The third kappa shape index (κ3) is 4.05. The normalized spacial score (nSPS) is 9.33. The first-order chi connectivity index (χ1) is 7.26. The summed E-state index contributed by atoms with van der Waals surface area (Å²) in [4.78, 5) is 11.4. The molecule has 0 unspecified atom stereocenters. The minimum absolute atomic E-state index is 0.0306. The van der Waals surface area contributed by atoms with E-state index in [0.717, 1.165) is 5.75 Å². The van der Waals surface area contributed by atoms with Crippen molar-refractivity contribution in [2.24, 2.45) is 0 Å². The molecule has 0 saturated carbocycles. The largest absolute Gasteiger partial charge is 0.325 e. The van der Waals surface area contributed by atoms with Crippen LogP contribution in [-0.4, -0.2) is 17.4 Å². The van der Waals surface area contributed by atoms with Gasteiger partial charge in [0.15, 0.2) is 0 Å². The van der Waals surface area contributed by atoms with Gasteiger partial charge in [-0.3, -0.25) is 4.79 Å². The van der Waals surface area contributed by atoms with Gasteiger partial charge in [-0.2, -0.15) is 17.0 Å². The van der Waals surface area contributed by atoms with Gasteiger partial charge in [-0.25, -0.2) is 0 Å². The van der Waals surface area contributed by atoms with Crippen molar-refractivity contribution < 1.29 is 4.79 Å². The minimum atomic E-state index is -0.0306. The number of nitrogens with zero attached hydrogens (tertiary/aromatic N) is 1. The maximum Gasteiger partial charge on any atom is 0.234 e. The Bertz CT molecular complexity index is 384. The highest BCUT2D eigenvalue weighted by Crippen LogP contribution is 2.10. The first-order valence-corrected chi connectivity index (χ1v) is 5.79. The molecule has 0 spiro atoms. The number of hydrogen-bond donors (Lipinski definition) is 1. The number of hydrogen-bond acceptors (Lipinski definition) is 3. The summed E-state index contributed by atoms with van der Waals surface area (Å²) < 4.78 is 0. The molecule has 0 aliphatic heterocycles. The van der Waals surface area contributed by atoms with E-state index in [1.54, 1.807) is 36.0 Å². The van der Waals surface area contributed by atoms with Crippen LogP contribution < -0.4 is 5.32 Å². The first kappa shape index (κ1) is 11.6. The zero-order valence-corrected chi connectivity index (χ0v) is 9.30. The summed E-state index contributed by atoms with van der Waals surface area (Å²) in [5.74, 6) is 1.34. The van der Waals surface area contributed by atoms with E-state index in [9.17, 15) is 4.79 Å². The molecule has 0 fully saturated rings. The molecule has 0 radical (unpaired) electrons. The average molecular weight is 220 g/mol. The summed E-state index contributed by atoms with van der Waals surface area (Å²) in [7, 11) is 0. The highest BCUT2D eigenvalue weighted by atomic mass is 32.2. The Morgan fingerprint density at radius 1 is 1.60 bits per heavy atom. The van der Waals surface area contributed by atoms with Gasteiger partial charge in [0.2, 0.25) is 5.91 Å². The van der Waals surface area contributed by atoms with E-state index >= 15 is 0 Å². The molecule has 0 atom stereocenters. The fourth-order valence-electron chi connectivity index (χ4n) is 1.06. The van der Waals surface area contributed by atoms with Crippen molar-refractivity contribution in [2.75, 3.05) is 16.8 Å². The van der Waals surface area contributed by atoms with Crippen molar-refractivity contribution in [1.82, 2.24) is 0 Å². The number of thioether (sulfide) groups is 1. The van der Waals surface area contributed by atoms with Crippen molar-refractivity contribution in [2.45, 2.75) is 6.92 Å². The maximum atomic E-state index is 11.4. The molecular weight excluding hydrogens is 208 g/mol. The van der Waals surface area contributed by atoms with Crippen LogP contribution in [0, 0.1) is 11.3 Å². The predicted molar refractivity (Wildman–Crippen MR) is 62.8 cm³/mol. The van der Waals surface area contributed by atoms with Gasteiger partial charge in [0.1, 0.15) is 0 Å². The summed E-state index contributed by atoms with van der Waals surface area (Å²) in [6.07, 6.45) is 0. The molecular formula is C11H12N2OS. The van der Waals surface area contributed by atoms with Crippen molar-refractivity contribution in [3.8, 4) is 6.07 Å². The molecule has 15 heavy (non-hydrogen) atoms. The number of carbonyl (C=O) groups excluding carboxylic acids is 1. The van der Waals surface area contributed by atoms with Crippen LogP contribution in [0.2, 0.25) is 0 Å². The summed E-state index contributed by atoms with van der Waals surface area (Å²) >= 11 is 1.57. The van der Waals surface area contributed by atoms with Crippen LogP contribution in [0.4, 0.5) is 5.69 Å². The van der Waals surface area contributed by atoms with Crippen molar-refractivity contribution >= 4 is 23.4 Å². The zero-order valence-electron chi connectivity index (χ0n) is 8.49. The molecule has 3 nitrogen and oxygen atoms in total. The standard InChI is InChI=1S/C11H12N2OS/c1-2-15-8-11(14)13-10-5-3-4-9(6-10)7-12/h3-6H,2,8H2,1H3,(H,13,14). The Morgan fingerprint density at radius 3 is 3.07 bits per heavy atom. The molecule has 1 N–H and O–H groups in total. The molecule has 0 heterocycles. The molecule has 0 saturated heterocycles. The Labute approximate surface area is 93.5 Å². The van der Waals surface area contributed by atoms with Gasteiger partial charge in [0, 0.05) is 5.69 Å². The van der Waals surface area contributed by atoms with Crippen molar-refractivity contribution in [3.63, 3.8) is 0 Å².